The lowest BCUT2D eigenvalue weighted by atomic mass is 9.99. The average molecular weight is 711 g/mol. The van der Waals surface area contributed by atoms with Crippen molar-refractivity contribution in [2.75, 3.05) is 32.5 Å². The van der Waals surface area contributed by atoms with Crippen molar-refractivity contribution < 1.29 is 23.1 Å². The number of sulfone groups is 1. The van der Waals surface area contributed by atoms with Crippen molar-refractivity contribution in [3.05, 3.63) is 82.0 Å². The summed E-state index contributed by atoms with van der Waals surface area (Å²) in [5.74, 6) is 0.504. The number of ether oxygens (including phenoxy) is 1. The minimum Gasteiger partial charge on any atom is -0.481 e. The summed E-state index contributed by atoms with van der Waals surface area (Å²) in [5.41, 5.74) is 5.18. The molecule has 3 N–H and O–H groups in total. The normalized spacial score (nSPS) is 18.2. The zero-order valence-corrected chi connectivity index (χ0v) is 29.0. The molecule has 2 aromatic carbocycles. The number of aromatic nitrogens is 2. The molecule has 0 saturated carbocycles. The second kappa shape index (κ2) is 14.5. The molecule has 0 radical (unpaired) electrons. The molecule has 4 aromatic rings. The van der Waals surface area contributed by atoms with Gasteiger partial charge in [-0.2, -0.15) is 0 Å². The van der Waals surface area contributed by atoms with Gasteiger partial charge < -0.3 is 20.5 Å². The number of halogens is 2. The highest BCUT2D eigenvalue weighted by atomic mass is 35.5. The van der Waals surface area contributed by atoms with E-state index in [1.807, 2.05) is 41.3 Å². The molecule has 13 heteroatoms. The van der Waals surface area contributed by atoms with E-state index < -0.39 is 15.9 Å². The van der Waals surface area contributed by atoms with Crippen LogP contribution in [0, 0.1) is 0 Å². The van der Waals surface area contributed by atoms with Crippen LogP contribution in [0.2, 0.25) is 10.0 Å². The molecule has 2 aliphatic heterocycles. The van der Waals surface area contributed by atoms with Crippen LogP contribution >= 0.6 is 23.2 Å². The lowest BCUT2D eigenvalue weighted by molar-refractivity contribution is -0.119. The fraction of sp³-hybridized carbons (Fsp3) is 0.343. The third-order valence-corrected chi connectivity index (χ3v) is 11.2. The van der Waals surface area contributed by atoms with Crippen LogP contribution in [0.4, 0.5) is 0 Å². The first-order valence-corrected chi connectivity index (χ1v) is 18.2. The lowest BCUT2D eigenvalue weighted by Crippen LogP contribution is -2.35. The zero-order valence-electron chi connectivity index (χ0n) is 26.7. The van der Waals surface area contributed by atoms with E-state index in [1.54, 1.807) is 38.4 Å². The van der Waals surface area contributed by atoms with Gasteiger partial charge in [-0.05, 0) is 37.1 Å². The van der Waals surface area contributed by atoms with Crippen molar-refractivity contribution in [2.24, 2.45) is 0 Å². The maximum absolute atomic E-state index is 13.3. The Hall–Kier alpha value is -3.58. The van der Waals surface area contributed by atoms with Gasteiger partial charge in [0, 0.05) is 79.2 Å². The largest absolute Gasteiger partial charge is 0.481 e. The monoisotopic (exact) mass is 709 g/mol. The fourth-order valence-corrected chi connectivity index (χ4v) is 8.47. The third kappa shape index (κ3) is 7.36. The first kappa shape index (κ1) is 34.3. The number of carbonyl (C=O) groups excluding carboxylic acids is 1. The summed E-state index contributed by atoms with van der Waals surface area (Å²) < 4.78 is 32.2. The van der Waals surface area contributed by atoms with E-state index in [4.69, 9.17) is 32.9 Å². The highest BCUT2D eigenvalue weighted by Gasteiger charge is 2.27. The van der Waals surface area contributed by atoms with E-state index in [2.05, 4.69) is 15.6 Å². The molecule has 0 aliphatic carbocycles. The summed E-state index contributed by atoms with van der Waals surface area (Å²) in [7, 11) is -2.00. The number of β-amino-alcohol motifs (C(OH)–C–C–N with tert-alkyl or cyclic N) is 1. The molecule has 2 atom stereocenters. The number of hydrogen-bond acceptors (Lipinski definition) is 9. The first-order valence-electron chi connectivity index (χ1n) is 15.8. The predicted molar refractivity (Wildman–Crippen MR) is 187 cm³/mol. The molecule has 10 nitrogen and oxygen atoms in total. The molecule has 1 saturated heterocycles. The van der Waals surface area contributed by atoms with Crippen molar-refractivity contribution in [3.63, 3.8) is 0 Å². The number of nitrogens with zero attached hydrogens (tertiary/aromatic N) is 3. The summed E-state index contributed by atoms with van der Waals surface area (Å²) in [6.45, 7) is 4.01. The van der Waals surface area contributed by atoms with Crippen LogP contribution in [0.1, 0.15) is 30.9 Å². The number of pyridine rings is 2. The van der Waals surface area contributed by atoms with Crippen LogP contribution in [0.15, 0.2) is 65.7 Å². The van der Waals surface area contributed by atoms with Gasteiger partial charge in [-0.3, -0.25) is 14.7 Å². The molecule has 48 heavy (non-hydrogen) atoms. The second-order valence-corrected chi connectivity index (χ2v) is 15.0. The maximum atomic E-state index is 13.3. The van der Waals surface area contributed by atoms with Crippen LogP contribution in [0.25, 0.3) is 33.6 Å². The highest BCUT2D eigenvalue weighted by molar-refractivity contribution is 7.91. The zero-order chi connectivity index (χ0) is 34.0. The number of rotatable bonds is 10. The molecule has 1 amide bonds. The van der Waals surface area contributed by atoms with Crippen LogP contribution in [-0.2, 0) is 27.7 Å². The number of hydrogen-bond donors (Lipinski definition) is 3. The Morgan fingerprint density at radius 1 is 1.10 bits per heavy atom. The van der Waals surface area contributed by atoms with Gasteiger partial charge in [0.05, 0.1) is 45.3 Å². The smallest absolute Gasteiger partial charge is 0.220 e. The molecule has 6 rings (SSSR count). The molecule has 0 bridgehead atoms. The minimum atomic E-state index is -3.57. The molecule has 2 aliphatic rings. The summed E-state index contributed by atoms with van der Waals surface area (Å²) in [5, 5.41) is 17.0. The van der Waals surface area contributed by atoms with Gasteiger partial charge in [0.15, 0.2) is 9.84 Å². The number of aliphatic hydroxyl groups is 1. The molecule has 4 heterocycles. The van der Waals surface area contributed by atoms with Crippen LogP contribution in [-0.4, -0.2) is 78.9 Å². The highest BCUT2D eigenvalue weighted by Crippen LogP contribution is 2.42. The second-order valence-electron chi connectivity index (χ2n) is 12.2. The van der Waals surface area contributed by atoms with Crippen molar-refractivity contribution in [1.82, 2.24) is 25.5 Å². The van der Waals surface area contributed by atoms with E-state index >= 15 is 0 Å². The average Bonchev–Trinajstić information content (AvgIpc) is 3.43. The Morgan fingerprint density at radius 2 is 1.90 bits per heavy atom. The van der Waals surface area contributed by atoms with Crippen molar-refractivity contribution >= 4 is 38.9 Å². The standard InChI is InChI=1S/C35H37Cl2N5O5S/c1-21(43)19-42-14-15-48(45,46)30-16-22(6-7-24(30)20-42)34-33(37)27(12-13-39-34)26-4-3-5-28(32(26)36)29-10-8-23(35(41-29)47-2)17-38-18-25-9-11-31(44)40-25/h3-8,10,12-13,16,21,25,38,43H,9,11,14-15,17-20H2,1-2H3,(H,40,44)/t21-,25-/m0/s1. The summed E-state index contributed by atoms with van der Waals surface area (Å²) in [4.78, 5) is 23.0. The first-order chi connectivity index (χ1) is 23.0. The number of nitrogens with one attached hydrogen (secondary N) is 2. The van der Waals surface area contributed by atoms with Gasteiger partial charge in [0.2, 0.25) is 11.8 Å². The Morgan fingerprint density at radius 3 is 2.65 bits per heavy atom. The number of amides is 1. The Kier molecular flexibility index (Phi) is 10.4. The Balaban J connectivity index is 1.28. The predicted octanol–water partition coefficient (Wildman–Crippen LogP) is 5.13. The van der Waals surface area contributed by atoms with Crippen molar-refractivity contribution in [1.29, 1.82) is 0 Å². The SMILES string of the molecule is COc1nc(-c2cccc(-c3ccnc(-c4ccc5c(c4)S(=O)(=O)CCN(C[C@H](C)O)C5)c3Cl)c2Cl)ccc1CNC[C@@H]1CCC(=O)N1. The van der Waals surface area contributed by atoms with E-state index in [9.17, 15) is 18.3 Å². The quantitative estimate of drug-likeness (QED) is 0.205. The number of fused-ring (bicyclic) bond motifs is 1. The van der Waals surface area contributed by atoms with Crippen molar-refractivity contribution in [2.45, 2.75) is 49.9 Å². The van der Waals surface area contributed by atoms with Crippen LogP contribution < -0.4 is 15.4 Å². The molecular weight excluding hydrogens is 673 g/mol. The van der Waals surface area contributed by atoms with E-state index in [0.29, 0.717) is 94.3 Å². The number of aliphatic hydroxyl groups excluding tert-OH is 1. The van der Waals surface area contributed by atoms with Crippen LogP contribution in [0.5, 0.6) is 5.88 Å². The lowest BCUT2D eigenvalue weighted by Gasteiger charge is -2.21. The molecule has 2 aromatic heterocycles. The fourth-order valence-electron chi connectivity index (χ4n) is 6.26. The molecular formula is C35H37Cl2N5O5S. The van der Waals surface area contributed by atoms with Gasteiger partial charge in [0.1, 0.15) is 0 Å². The number of carbonyl (C=O) groups is 1. The van der Waals surface area contributed by atoms with E-state index in [1.165, 1.54) is 0 Å². The van der Waals surface area contributed by atoms with Crippen LogP contribution in [0.3, 0.4) is 0 Å². The van der Waals surface area contributed by atoms with Gasteiger partial charge >= 0.3 is 0 Å². The Labute approximate surface area is 290 Å². The minimum absolute atomic E-state index is 0.0454. The summed E-state index contributed by atoms with van der Waals surface area (Å²) >= 11 is 14.1. The number of methoxy groups -OCH3 is 1. The van der Waals surface area contributed by atoms with Gasteiger partial charge in [0.25, 0.3) is 0 Å². The van der Waals surface area contributed by atoms with E-state index in [0.717, 1.165) is 12.0 Å². The van der Waals surface area contributed by atoms with Crippen molar-refractivity contribution in [3.8, 4) is 39.5 Å². The molecule has 252 valence electrons. The maximum Gasteiger partial charge on any atom is 0.220 e. The molecule has 1 fully saturated rings. The summed E-state index contributed by atoms with van der Waals surface area (Å²) in [6, 6.07) is 16.6. The number of benzene rings is 2. The summed E-state index contributed by atoms with van der Waals surface area (Å²) in [6.07, 6.45) is 2.44. The Bertz CT molecular complexity index is 1960. The van der Waals surface area contributed by atoms with Gasteiger partial charge in [-0.15, -0.1) is 0 Å². The molecule has 0 spiro atoms. The van der Waals surface area contributed by atoms with Gasteiger partial charge in [-0.25, -0.2) is 13.4 Å². The third-order valence-electron chi connectivity index (χ3n) is 8.65. The topological polar surface area (TPSA) is 134 Å². The van der Waals surface area contributed by atoms with E-state index in [-0.39, 0.29) is 22.6 Å². The van der Waals surface area contributed by atoms with Gasteiger partial charge in [-0.1, -0.05) is 59.6 Å². The molecule has 0 unspecified atom stereocenters.